The lowest BCUT2D eigenvalue weighted by atomic mass is 10.4. The number of halogens is 2. The van der Waals surface area contributed by atoms with E-state index in [2.05, 4.69) is 4.98 Å². The minimum absolute atomic E-state index is 0. The van der Waals surface area contributed by atoms with Crippen LogP contribution in [0.2, 0.25) is 5.02 Å². The summed E-state index contributed by atoms with van der Waals surface area (Å²) in [5.74, 6) is -0.0341. The molecule has 0 saturated heterocycles. The molecular weight excluding hydrogens is 355 g/mol. The van der Waals surface area contributed by atoms with E-state index < -0.39 is 25.5 Å². The highest BCUT2D eigenvalue weighted by atomic mass is 35.5. The zero-order valence-corrected chi connectivity index (χ0v) is 13.5. The summed E-state index contributed by atoms with van der Waals surface area (Å²) in [4.78, 5) is 13.7. The van der Waals surface area contributed by atoms with E-state index >= 15 is 0 Å². The second-order valence-corrected chi connectivity index (χ2v) is 6.19. The van der Waals surface area contributed by atoms with Gasteiger partial charge in [-0.05, 0) is 24.3 Å². The van der Waals surface area contributed by atoms with Crippen LogP contribution in [0.3, 0.4) is 0 Å². The summed E-state index contributed by atoms with van der Waals surface area (Å²) in [7, 11) is -2.87. The molecule has 0 bridgehead atoms. The minimum Gasteiger partial charge on any atom is -0.481 e. The zero-order valence-electron chi connectivity index (χ0n) is 11.1. The summed E-state index contributed by atoms with van der Waals surface area (Å²) in [5.41, 5.74) is -0.620. The average Bonchev–Trinajstić information content (AvgIpc) is 2.47. The molecule has 118 valence electrons. The van der Waals surface area contributed by atoms with Crippen molar-refractivity contribution in [1.29, 1.82) is 0 Å². The predicted molar refractivity (Wildman–Crippen MR) is 81.6 cm³/mol. The molecule has 0 amide bonds. The molecule has 22 heavy (non-hydrogen) atoms. The molecular formula is C12H10Cl2N2O5S. The molecule has 7 nitrogen and oxygen atoms in total. The Morgan fingerprint density at radius 1 is 1.18 bits per heavy atom. The summed E-state index contributed by atoms with van der Waals surface area (Å²) in [5, 5.41) is 10.7. The van der Waals surface area contributed by atoms with E-state index in [1.54, 1.807) is 0 Å². The first-order chi connectivity index (χ1) is 9.86. The normalized spacial score (nSPS) is 10.6. The number of ether oxygens (including phenoxy) is 1. The maximum atomic E-state index is 12.5. The molecule has 0 aliphatic carbocycles. The van der Waals surface area contributed by atoms with Crippen molar-refractivity contribution in [2.24, 2.45) is 0 Å². The van der Waals surface area contributed by atoms with Crippen LogP contribution in [-0.4, -0.2) is 25.4 Å². The van der Waals surface area contributed by atoms with Gasteiger partial charge in [-0.3, -0.25) is 10.1 Å². The molecule has 1 aromatic carbocycles. The number of nitro groups is 1. The molecule has 0 N–H and O–H groups in total. The van der Waals surface area contributed by atoms with Gasteiger partial charge in [-0.1, -0.05) is 11.6 Å². The van der Waals surface area contributed by atoms with E-state index in [4.69, 9.17) is 16.3 Å². The number of hydrogen-bond acceptors (Lipinski definition) is 6. The molecule has 1 aromatic heterocycles. The van der Waals surface area contributed by atoms with Gasteiger partial charge in [0.1, 0.15) is 0 Å². The Balaban J connectivity index is 0.00000242. The van der Waals surface area contributed by atoms with Crippen molar-refractivity contribution >= 4 is 39.5 Å². The summed E-state index contributed by atoms with van der Waals surface area (Å²) in [6, 6.07) is 7.51. The van der Waals surface area contributed by atoms with Gasteiger partial charge in [0.2, 0.25) is 20.7 Å². The second kappa shape index (κ2) is 6.91. The van der Waals surface area contributed by atoms with Crippen LogP contribution in [0.5, 0.6) is 5.88 Å². The van der Waals surface area contributed by atoms with Gasteiger partial charge in [0.15, 0.2) is 0 Å². The van der Waals surface area contributed by atoms with E-state index in [0.29, 0.717) is 5.02 Å². The van der Waals surface area contributed by atoms with Crippen molar-refractivity contribution in [2.75, 3.05) is 7.11 Å². The lowest BCUT2D eigenvalue weighted by Gasteiger charge is -2.06. The average molecular weight is 365 g/mol. The quantitative estimate of drug-likeness (QED) is 0.610. The molecule has 0 fully saturated rings. The number of rotatable bonds is 4. The number of nitrogens with zero attached hydrogens (tertiary/aromatic N) is 2. The molecule has 10 heteroatoms. The first kappa shape index (κ1) is 18.1. The third kappa shape index (κ3) is 3.46. The first-order valence-electron chi connectivity index (χ1n) is 5.56. The summed E-state index contributed by atoms with van der Waals surface area (Å²) in [6.45, 7) is 0. The molecule has 0 aliphatic rings. The van der Waals surface area contributed by atoms with Gasteiger partial charge >= 0.3 is 5.69 Å². The molecule has 0 aliphatic heterocycles. The largest absolute Gasteiger partial charge is 0.481 e. The highest BCUT2D eigenvalue weighted by Gasteiger charge is 2.30. The van der Waals surface area contributed by atoms with Gasteiger partial charge in [-0.2, -0.15) is 4.98 Å². The Hall–Kier alpha value is -1.90. The molecule has 0 radical (unpaired) electrons. The van der Waals surface area contributed by atoms with Gasteiger partial charge in [-0.25, -0.2) is 8.42 Å². The molecule has 2 aromatic rings. The van der Waals surface area contributed by atoms with Crippen molar-refractivity contribution in [2.45, 2.75) is 9.92 Å². The van der Waals surface area contributed by atoms with Crippen molar-refractivity contribution in [3.05, 3.63) is 51.5 Å². The van der Waals surface area contributed by atoms with Crippen LogP contribution in [0, 0.1) is 10.1 Å². The van der Waals surface area contributed by atoms with E-state index in [1.807, 2.05) is 0 Å². The van der Waals surface area contributed by atoms with Crippen molar-refractivity contribution < 1.29 is 18.1 Å². The zero-order chi connectivity index (χ0) is 15.6. The topological polar surface area (TPSA) is 99.4 Å². The Morgan fingerprint density at radius 3 is 2.27 bits per heavy atom. The second-order valence-electron chi connectivity index (χ2n) is 3.89. The van der Waals surface area contributed by atoms with Crippen molar-refractivity contribution in [3.8, 4) is 5.88 Å². The molecule has 0 saturated carbocycles. The molecule has 0 spiro atoms. The van der Waals surface area contributed by atoms with Gasteiger partial charge in [0, 0.05) is 17.2 Å². The number of benzene rings is 1. The van der Waals surface area contributed by atoms with E-state index in [1.165, 1.54) is 37.4 Å². The first-order valence-corrected chi connectivity index (χ1v) is 7.42. The van der Waals surface area contributed by atoms with Crippen LogP contribution in [0.4, 0.5) is 5.69 Å². The summed E-state index contributed by atoms with van der Waals surface area (Å²) >= 11 is 5.70. The van der Waals surface area contributed by atoms with Crippen LogP contribution in [0.15, 0.2) is 46.3 Å². The SMILES string of the molecule is COc1ccc([N+](=O)[O-])c(S(=O)(=O)c2ccc(Cl)cc2)n1.Cl. The smallest absolute Gasteiger partial charge is 0.307 e. The summed E-state index contributed by atoms with van der Waals surface area (Å²) in [6.07, 6.45) is 0. The number of methoxy groups -OCH3 is 1. The van der Waals surface area contributed by atoms with Gasteiger partial charge in [0.05, 0.1) is 16.9 Å². The Morgan fingerprint density at radius 2 is 1.77 bits per heavy atom. The number of sulfone groups is 1. The molecule has 0 atom stereocenters. The van der Waals surface area contributed by atoms with Crippen molar-refractivity contribution in [1.82, 2.24) is 4.98 Å². The molecule has 0 unspecified atom stereocenters. The van der Waals surface area contributed by atoms with Crippen LogP contribution in [0.1, 0.15) is 0 Å². The summed E-state index contributed by atoms with van der Waals surface area (Å²) < 4.78 is 29.8. The maximum Gasteiger partial charge on any atom is 0.307 e. The van der Waals surface area contributed by atoms with Gasteiger partial charge in [0.25, 0.3) is 0 Å². The standard InChI is InChI=1S/C12H9ClN2O5S.ClH/c1-20-11-7-6-10(15(16)17)12(14-11)21(18,19)9-4-2-8(13)3-5-9;/h2-7H,1H3;1H. The Labute approximate surface area is 137 Å². The third-order valence-corrected chi connectivity index (χ3v) is 4.55. The fraction of sp³-hybridized carbons (Fsp3) is 0.0833. The lowest BCUT2D eigenvalue weighted by molar-refractivity contribution is -0.388. The number of pyridine rings is 1. The highest BCUT2D eigenvalue weighted by molar-refractivity contribution is 7.91. The minimum atomic E-state index is -4.16. The highest BCUT2D eigenvalue weighted by Crippen LogP contribution is 2.30. The van der Waals surface area contributed by atoms with E-state index in [9.17, 15) is 18.5 Å². The van der Waals surface area contributed by atoms with Crippen molar-refractivity contribution in [3.63, 3.8) is 0 Å². The van der Waals surface area contributed by atoms with E-state index in [0.717, 1.165) is 6.07 Å². The van der Waals surface area contributed by atoms with E-state index in [-0.39, 0.29) is 23.2 Å². The van der Waals surface area contributed by atoms with Crippen LogP contribution in [0.25, 0.3) is 0 Å². The van der Waals surface area contributed by atoms with Crippen LogP contribution < -0.4 is 4.74 Å². The monoisotopic (exact) mass is 364 g/mol. The van der Waals surface area contributed by atoms with Crippen LogP contribution >= 0.6 is 24.0 Å². The predicted octanol–water partition coefficient (Wildman–Crippen LogP) is 2.91. The maximum absolute atomic E-state index is 12.5. The Kier molecular flexibility index (Phi) is 5.70. The van der Waals surface area contributed by atoms with Gasteiger partial charge < -0.3 is 4.74 Å². The molecule has 1 heterocycles. The number of hydrogen-bond donors (Lipinski definition) is 0. The third-order valence-electron chi connectivity index (χ3n) is 2.60. The van der Waals surface area contributed by atoms with Crippen LogP contribution in [-0.2, 0) is 9.84 Å². The van der Waals surface area contributed by atoms with Gasteiger partial charge in [-0.15, -0.1) is 12.4 Å². The lowest BCUT2D eigenvalue weighted by Crippen LogP contribution is -2.09. The molecule has 2 rings (SSSR count). The number of aromatic nitrogens is 1. The Bertz CT molecular complexity index is 794. The fourth-order valence-corrected chi connectivity index (χ4v) is 3.06. The fourth-order valence-electron chi connectivity index (χ4n) is 1.59.